The molecule has 76 valence electrons. The number of anilines is 1. The van der Waals surface area contributed by atoms with Crippen LogP contribution in [0.1, 0.15) is 36.8 Å². The van der Waals surface area contributed by atoms with Crippen molar-refractivity contribution < 1.29 is 0 Å². The van der Waals surface area contributed by atoms with Crippen LogP contribution in [-0.2, 0) is 12.2 Å². The Bertz CT molecular complexity index is 349. The molecule has 0 atom stereocenters. The standard InChI is InChI=1S/C10H15N3S/c1-6(2)10-12-8-3-4-14-5-7(8)9(11)13-10/h6H,3-5H2,1-2H3,(H2,11,12,13). The lowest BCUT2D eigenvalue weighted by molar-refractivity contribution is 0.755. The number of rotatable bonds is 1. The van der Waals surface area contributed by atoms with Gasteiger partial charge in [0.25, 0.3) is 0 Å². The topological polar surface area (TPSA) is 51.8 Å². The normalized spacial score (nSPS) is 15.6. The molecule has 0 saturated carbocycles. The minimum absolute atomic E-state index is 0.358. The lowest BCUT2D eigenvalue weighted by Gasteiger charge is -2.17. The molecule has 0 amide bonds. The van der Waals surface area contributed by atoms with E-state index in [9.17, 15) is 0 Å². The Labute approximate surface area is 88.5 Å². The molecule has 2 heterocycles. The summed E-state index contributed by atoms with van der Waals surface area (Å²) < 4.78 is 0. The second-order valence-electron chi connectivity index (χ2n) is 3.85. The molecule has 1 aromatic rings. The molecule has 0 fully saturated rings. The van der Waals surface area contributed by atoms with Crippen LogP contribution < -0.4 is 5.73 Å². The highest BCUT2D eigenvalue weighted by atomic mass is 32.2. The molecule has 2 rings (SSSR count). The number of nitrogen functional groups attached to an aromatic ring is 1. The average molecular weight is 209 g/mol. The van der Waals surface area contributed by atoms with Crippen molar-refractivity contribution in [2.75, 3.05) is 11.5 Å². The first-order valence-corrected chi connectivity index (χ1v) is 6.07. The van der Waals surface area contributed by atoms with Crippen molar-refractivity contribution in [3.05, 3.63) is 17.1 Å². The van der Waals surface area contributed by atoms with E-state index in [4.69, 9.17) is 5.73 Å². The molecule has 1 aromatic heterocycles. The first-order valence-electron chi connectivity index (χ1n) is 4.91. The molecule has 0 radical (unpaired) electrons. The number of aryl methyl sites for hydroxylation is 1. The summed E-state index contributed by atoms with van der Waals surface area (Å²) in [5, 5.41) is 0. The Morgan fingerprint density at radius 2 is 2.14 bits per heavy atom. The summed E-state index contributed by atoms with van der Waals surface area (Å²) in [5.74, 6) is 4.05. The fourth-order valence-corrected chi connectivity index (χ4v) is 2.54. The molecule has 2 N–H and O–H groups in total. The van der Waals surface area contributed by atoms with E-state index in [1.54, 1.807) is 0 Å². The van der Waals surface area contributed by atoms with E-state index in [-0.39, 0.29) is 0 Å². The summed E-state index contributed by atoms with van der Waals surface area (Å²) in [7, 11) is 0. The number of hydrogen-bond donors (Lipinski definition) is 1. The third-order valence-electron chi connectivity index (χ3n) is 2.39. The van der Waals surface area contributed by atoms with Gasteiger partial charge in [0.2, 0.25) is 0 Å². The van der Waals surface area contributed by atoms with Crippen molar-refractivity contribution >= 4 is 17.6 Å². The van der Waals surface area contributed by atoms with Crippen LogP contribution >= 0.6 is 11.8 Å². The summed E-state index contributed by atoms with van der Waals surface area (Å²) in [6, 6.07) is 0. The molecule has 0 aromatic carbocycles. The molecule has 0 saturated heterocycles. The number of hydrogen-bond acceptors (Lipinski definition) is 4. The van der Waals surface area contributed by atoms with Crippen LogP contribution in [0.15, 0.2) is 0 Å². The minimum Gasteiger partial charge on any atom is -0.383 e. The van der Waals surface area contributed by atoms with Crippen molar-refractivity contribution in [2.24, 2.45) is 0 Å². The van der Waals surface area contributed by atoms with Crippen LogP contribution in [0.5, 0.6) is 0 Å². The third-order valence-corrected chi connectivity index (χ3v) is 3.37. The SMILES string of the molecule is CC(C)c1nc(N)c2c(n1)CCSC2. The van der Waals surface area contributed by atoms with Crippen molar-refractivity contribution in [2.45, 2.75) is 31.9 Å². The molecular formula is C10H15N3S. The lowest BCUT2D eigenvalue weighted by Crippen LogP contribution is -2.13. The van der Waals surface area contributed by atoms with Crippen LogP contribution in [0.2, 0.25) is 0 Å². The largest absolute Gasteiger partial charge is 0.383 e. The Morgan fingerprint density at radius 1 is 1.36 bits per heavy atom. The van der Waals surface area contributed by atoms with Gasteiger partial charge in [-0.3, -0.25) is 0 Å². The summed E-state index contributed by atoms with van der Waals surface area (Å²) >= 11 is 1.91. The van der Waals surface area contributed by atoms with Gasteiger partial charge in [0.05, 0.1) is 5.69 Å². The van der Waals surface area contributed by atoms with Gasteiger partial charge >= 0.3 is 0 Å². The van der Waals surface area contributed by atoms with Gasteiger partial charge in [0.1, 0.15) is 11.6 Å². The van der Waals surface area contributed by atoms with E-state index < -0.39 is 0 Å². The highest BCUT2D eigenvalue weighted by molar-refractivity contribution is 7.98. The Morgan fingerprint density at radius 3 is 2.86 bits per heavy atom. The van der Waals surface area contributed by atoms with Crippen molar-refractivity contribution in [3.63, 3.8) is 0 Å². The van der Waals surface area contributed by atoms with Gasteiger partial charge in [-0.1, -0.05) is 13.8 Å². The third kappa shape index (κ3) is 1.71. The summed E-state index contributed by atoms with van der Waals surface area (Å²) in [6.45, 7) is 4.19. The molecule has 0 spiro atoms. The van der Waals surface area contributed by atoms with Crippen LogP contribution in [-0.4, -0.2) is 15.7 Å². The monoisotopic (exact) mass is 209 g/mol. The second-order valence-corrected chi connectivity index (χ2v) is 4.95. The van der Waals surface area contributed by atoms with E-state index in [1.165, 1.54) is 5.69 Å². The van der Waals surface area contributed by atoms with E-state index in [1.807, 2.05) is 11.8 Å². The maximum atomic E-state index is 5.92. The van der Waals surface area contributed by atoms with Crippen molar-refractivity contribution in [1.29, 1.82) is 0 Å². The Balaban J connectivity index is 2.46. The molecule has 1 aliphatic heterocycles. The van der Waals surface area contributed by atoms with Crippen LogP contribution in [0.4, 0.5) is 5.82 Å². The molecule has 14 heavy (non-hydrogen) atoms. The fourth-order valence-electron chi connectivity index (χ4n) is 1.53. The summed E-state index contributed by atoms with van der Waals surface area (Å²) in [5.41, 5.74) is 8.24. The molecule has 1 aliphatic rings. The van der Waals surface area contributed by atoms with Gasteiger partial charge in [-0.15, -0.1) is 0 Å². The lowest BCUT2D eigenvalue weighted by atomic mass is 10.1. The first-order chi connectivity index (χ1) is 6.68. The molecule has 0 bridgehead atoms. The minimum atomic E-state index is 0.358. The fraction of sp³-hybridized carbons (Fsp3) is 0.600. The van der Waals surface area contributed by atoms with Crippen LogP contribution in [0.3, 0.4) is 0 Å². The van der Waals surface area contributed by atoms with Gasteiger partial charge in [-0.2, -0.15) is 11.8 Å². The van der Waals surface area contributed by atoms with Crippen LogP contribution in [0, 0.1) is 0 Å². The zero-order valence-electron chi connectivity index (χ0n) is 8.58. The number of aromatic nitrogens is 2. The van der Waals surface area contributed by atoms with E-state index in [0.29, 0.717) is 11.7 Å². The number of nitrogens with two attached hydrogens (primary N) is 1. The summed E-state index contributed by atoms with van der Waals surface area (Å²) in [4.78, 5) is 8.91. The van der Waals surface area contributed by atoms with Gasteiger partial charge in [0, 0.05) is 17.2 Å². The maximum absolute atomic E-state index is 5.92. The Hall–Kier alpha value is -0.770. The van der Waals surface area contributed by atoms with E-state index in [2.05, 4.69) is 23.8 Å². The highest BCUT2D eigenvalue weighted by Gasteiger charge is 2.17. The molecule has 0 aliphatic carbocycles. The molecular weight excluding hydrogens is 194 g/mol. The zero-order chi connectivity index (χ0) is 10.1. The maximum Gasteiger partial charge on any atom is 0.133 e. The molecule has 4 heteroatoms. The number of nitrogens with zero attached hydrogens (tertiary/aromatic N) is 2. The van der Waals surface area contributed by atoms with Gasteiger partial charge < -0.3 is 5.73 Å². The first kappa shape index (κ1) is 9.77. The molecule has 0 unspecified atom stereocenters. The second kappa shape index (κ2) is 3.77. The predicted molar refractivity (Wildman–Crippen MR) is 60.4 cm³/mol. The quantitative estimate of drug-likeness (QED) is 0.768. The Kier molecular flexibility index (Phi) is 2.63. The number of thioether (sulfide) groups is 1. The van der Waals surface area contributed by atoms with Crippen molar-refractivity contribution in [1.82, 2.24) is 9.97 Å². The average Bonchev–Trinajstić information content (AvgIpc) is 2.17. The predicted octanol–water partition coefficient (Wildman–Crippen LogP) is 1.97. The summed E-state index contributed by atoms with van der Waals surface area (Å²) in [6.07, 6.45) is 1.03. The van der Waals surface area contributed by atoms with Crippen molar-refractivity contribution in [3.8, 4) is 0 Å². The van der Waals surface area contributed by atoms with E-state index in [0.717, 1.165) is 29.3 Å². The van der Waals surface area contributed by atoms with Crippen LogP contribution in [0.25, 0.3) is 0 Å². The van der Waals surface area contributed by atoms with Gasteiger partial charge in [0.15, 0.2) is 0 Å². The zero-order valence-corrected chi connectivity index (χ0v) is 9.40. The van der Waals surface area contributed by atoms with E-state index >= 15 is 0 Å². The molecule has 3 nitrogen and oxygen atoms in total. The smallest absolute Gasteiger partial charge is 0.133 e. The van der Waals surface area contributed by atoms with Gasteiger partial charge in [-0.05, 0) is 12.2 Å². The number of fused-ring (bicyclic) bond motifs is 1. The highest BCUT2D eigenvalue weighted by Crippen LogP contribution is 2.27. The van der Waals surface area contributed by atoms with Gasteiger partial charge in [-0.25, -0.2) is 9.97 Å².